The lowest BCUT2D eigenvalue weighted by Gasteiger charge is -2.20. The fraction of sp³-hybridized carbons (Fsp3) is 0.571. The smallest absolute Gasteiger partial charge is 0.0585 e. The Morgan fingerprint density at radius 1 is 1.35 bits per heavy atom. The lowest BCUT2D eigenvalue weighted by molar-refractivity contribution is 0.585. The molecule has 1 aliphatic rings. The highest BCUT2D eigenvalue weighted by Crippen LogP contribution is 2.38. The van der Waals surface area contributed by atoms with Gasteiger partial charge in [-0.2, -0.15) is 0 Å². The molecule has 1 heterocycles. The van der Waals surface area contributed by atoms with Gasteiger partial charge in [0, 0.05) is 10.9 Å². The van der Waals surface area contributed by atoms with E-state index >= 15 is 0 Å². The predicted octanol–water partition coefficient (Wildman–Crippen LogP) is 2.88. The molecule has 2 rings (SSSR count). The van der Waals surface area contributed by atoms with Gasteiger partial charge in [-0.1, -0.05) is 39.8 Å². The number of rotatable bonds is 1. The number of hydrogen-bond acceptors (Lipinski definition) is 2. The zero-order valence-corrected chi connectivity index (χ0v) is 11.8. The van der Waals surface area contributed by atoms with Crippen LogP contribution in [-0.4, -0.2) is 9.46 Å². The molecule has 1 aliphatic heterocycles. The second-order valence-electron chi connectivity index (χ2n) is 5.77. The van der Waals surface area contributed by atoms with Gasteiger partial charge in [-0.05, 0) is 29.0 Å². The third kappa shape index (κ3) is 2.06. The lowest BCUT2D eigenvalue weighted by Crippen LogP contribution is -2.23. The average molecular weight is 251 g/mol. The molecule has 0 spiro atoms. The van der Waals surface area contributed by atoms with Crippen LogP contribution in [0.4, 0.5) is 0 Å². The third-order valence-electron chi connectivity index (χ3n) is 3.53. The van der Waals surface area contributed by atoms with Crippen LogP contribution in [0.15, 0.2) is 23.1 Å². The van der Waals surface area contributed by atoms with Crippen molar-refractivity contribution in [2.45, 2.75) is 55.7 Å². The second kappa shape index (κ2) is 4.21. The summed E-state index contributed by atoms with van der Waals surface area (Å²) in [5, 5.41) is 0.0835. The van der Waals surface area contributed by atoms with Gasteiger partial charge in [0.15, 0.2) is 0 Å². The highest BCUT2D eigenvalue weighted by molar-refractivity contribution is 7.86. The molecule has 0 amide bonds. The SMILES string of the molecule is CCC1C(N)c2cc(C(C)(C)C)ccc2S1=O. The van der Waals surface area contributed by atoms with Crippen molar-refractivity contribution in [3.05, 3.63) is 29.3 Å². The van der Waals surface area contributed by atoms with E-state index in [9.17, 15) is 4.21 Å². The van der Waals surface area contributed by atoms with E-state index in [2.05, 4.69) is 39.8 Å². The Morgan fingerprint density at radius 2 is 2.00 bits per heavy atom. The van der Waals surface area contributed by atoms with Crippen LogP contribution in [0, 0.1) is 0 Å². The maximum absolute atomic E-state index is 12.2. The molecular weight excluding hydrogens is 230 g/mol. The summed E-state index contributed by atoms with van der Waals surface area (Å²) in [6.45, 7) is 8.61. The van der Waals surface area contributed by atoms with Crippen molar-refractivity contribution in [2.24, 2.45) is 5.73 Å². The van der Waals surface area contributed by atoms with Crippen LogP contribution in [-0.2, 0) is 16.2 Å². The van der Waals surface area contributed by atoms with Gasteiger partial charge < -0.3 is 5.73 Å². The molecule has 1 aromatic carbocycles. The van der Waals surface area contributed by atoms with E-state index in [-0.39, 0.29) is 16.7 Å². The maximum Gasteiger partial charge on any atom is 0.0585 e. The van der Waals surface area contributed by atoms with Gasteiger partial charge in [-0.15, -0.1) is 0 Å². The van der Waals surface area contributed by atoms with Crippen LogP contribution in [0.1, 0.15) is 51.3 Å². The van der Waals surface area contributed by atoms with Gasteiger partial charge in [0.2, 0.25) is 0 Å². The Kier molecular flexibility index (Phi) is 3.17. The molecule has 3 heteroatoms. The molecular formula is C14H21NOS. The van der Waals surface area contributed by atoms with Gasteiger partial charge in [0.25, 0.3) is 0 Å². The summed E-state index contributed by atoms with van der Waals surface area (Å²) in [7, 11) is -0.926. The summed E-state index contributed by atoms with van der Waals surface area (Å²) >= 11 is 0. The molecule has 17 heavy (non-hydrogen) atoms. The molecule has 0 aliphatic carbocycles. The predicted molar refractivity (Wildman–Crippen MR) is 72.6 cm³/mol. The lowest BCUT2D eigenvalue weighted by atomic mass is 9.85. The minimum absolute atomic E-state index is 0.0712. The first-order chi connectivity index (χ1) is 7.86. The van der Waals surface area contributed by atoms with Gasteiger partial charge >= 0.3 is 0 Å². The Balaban J connectivity index is 2.50. The van der Waals surface area contributed by atoms with E-state index in [1.54, 1.807) is 0 Å². The van der Waals surface area contributed by atoms with Gasteiger partial charge in [-0.25, -0.2) is 0 Å². The first-order valence-corrected chi connectivity index (χ1v) is 7.38. The monoisotopic (exact) mass is 251 g/mol. The molecule has 3 unspecified atom stereocenters. The van der Waals surface area contributed by atoms with E-state index in [4.69, 9.17) is 5.73 Å². The molecule has 0 fully saturated rings. The van der Waals surface area contributed by atoms with Gasteiger partial charge in [-0.3, -0.25) is 4.21 Å². The van der Waals surface area contributed by atoms with E-state index in [0.717, 1.165) is 16.9 Å². The Labute approximate surface area is 106 Å². The van der Waals surface area contributed by atoms with Crippen molar-refractivity contribution < 1.29 is 4.21 Å². The fourth-order valence-electron chi connectivity index (χ4n) is 2.36. The Morgan fingerprint density at radius 3 is 2.53 bits per heavy atom. The summed E-state index contributed by atoms with van der Waals surface area (Å²) < 4.78 is 12.2. The average Bonchev–Trinajstić information content (AvgIpc) is 2.50. The van der Waals surface area contributed by atoms with E-state index < -0.39 is 10.8 Å². The summed E-state index contributed by atoms with van der Waals surface area (Å²) in [6.07, 6.45) is 0.868. The molecule has 0 saturated carbocycles. The van der Waals surface area contributed by atoms with E-state index in [1.807, 2.05) is 6.07 Å². The normalized spacial score (nSPS) is 28.2. The topological polar surface area (TPSA) is 43.1 Å². The van der Waals surface area contributed by atoms with Gasteiger partial charge in [0.1, 0.15) is 0 Å². The van der Waals surface area contributed by atoms with Crippen molar-refractivity contribution in [3.63, 3.8) is 0 Å². The van der Waals surface area contributed by atoms with Gasteiger partial charge in [0.05, 0.1) is 16.0 Å². The molecule has 0 saturated heterocycles. The molecule has 1 aromatic rings. The standard InChI is InChI=1S/C14H21NOS/c1-5-11-13(15)10-8-9(14(2,3)4)6-7-12(10)17(11)16/h6-8,11,13H,5,15H2,1-4H3. The molecule has 0 aromatic heterocycles. The summed E-state index contributed by atoms with van der Waals surface area (Å²) in [6, 6.07) is 6.16. The zero-order valence-electron chi connectivity index (χ0n) is 11.0. The van der Waals surface area contributed by atoms with Crippen molar-refractivity contribution >= 4 is 10.8 Å². The number of nitrogens with two attached hydrogens (primary N) is 1. The van der Waals surface area contributed by atoms with Crippen molar-refractivity contribution in [1.29, 1.82) is 0 Å². The van der Waals surface area contributed by atoms with Crippen molar-refractivity contribution in [2.75, 3.05) is 0 Å². The first-order valence-electron chi connectivity index (χ1n) is 6.17. The summed E-state index contributed by atoms with van der Waals surface area (Å²) in [5.74, 6) is 0. The van der Waals surface area contributed by atoms with Crippen molar-refractivity contribution in [3.8, 4) is 0 Å². The van der Waals surface area contributed by atoms with Crippen LogP contribution in [0.25, 0.3) is 0 Å². The number of fused-ring (bicyclic) bond motifs is 1. The second-order valence-corrected chi connectivity index (χ2v) is 7.41. The highest BCUT2D eigenvalue weighted by Gasteiger charge is 2.35. The zero-order chi connectivity index (χ0) is 12.8. The maximum atomic E-state index is 12.2. The molecule has 0 radical (unpaired) electrons. The first kappa shape index (κ1) is 12.8. The van der Waals surface area contributed by atoms with Crippen LogP contribution in [0.5, 0.6) is 0 Å². The minimum Gasteiger partial charge on any atom is -0.323 e. The fourth-order valence-corrected chi connectivity index (χ4v) is 4.03. The molecule has 2 nitrogen and oxygen atoms in total. The number of hydrogen-bond donors (Lipinski definition) is 1. The summed E-state index contributed by atoms with van der Waals surface area (Å²) in [5.41, 5.74) is 8.67. The van der Waals surface area contributed by atoms with Crippen LogP contribution < -0.4 is 5.73 Å². The van der Waals surface area contributed by atoms with Crippen LogP contribution in [0.3, 0.4) is 0 Å². The highest BCUT2D eigenvalue weighted by atomic mass is 32.2. The Hall–Kier alpha value is -0.670. The molecule has 0 bridgehead atoms. The number of benzene rings is 1. The van der Waals surface area contributed by atoms with Crippen molar-refractivity contribution in [1.82, 2.24) is 0 Å². The van der Waals surface area contributed by atoms with Crippen LogP contribution in [0.2, 0.25) is 0 Å². The largest absolute Gasteiger partial charge is 0.323 e. The summed E-state index contributed by atoms with van der Waals surface area (Å²) in [4.78, 5) is 0.942. The molecule has 94 valence electrons. The van der Waals surface area contributed by atoms with E-state index in [1.165, 1.54) is 5.56 Å². The Bertz CT molecular complexity index is 462. The molecule has 3 atom stereocenters. The third-order valence-corrected chi connectivity index (χ3v) is 5.51. The quantitative estimate of drug-likeness (QED) is 0.834. The van der Waals surface area contributed by atoms with E-state index in [0.29, 0.717) is 0 Å². The molecule has 2 N–H and O–H groups in total. The minimum atomic E-state index is -0.926. The van der Waals surface area contributed by atoms with Crippen LogP contribution >= 0.6 is 0 Å².